The van der Waals surface area contributed by atoms with E-state index in [-0.39, 0.29) is 23.5 Å². The quantitative estimate of drug-likeness (QED) is 0.422. The maximum Gasteiger partial charge on any atom is 0.139 e. The van der Waals surface area contributed by atoms with Crippen LogP contribution in [0, 0.1) is 0 Å². The smallest absolute Gasteiger partial charge is 0.139 e. The van der Waals surface area contributed by atoms with Gasteiger partial charge in [0, 0.05) is 12.1 Å². The molecule has 0 amide bonds. The van der Waals surface area contributed by atoms with Crippen molar-refractivity contribution in [3.05, 3.63) is 0 Å². The van der Waals surface area contributed by atoms with Crippen molar-refractivity contribution in [1.82, 2.24) is 19.6 Å². The zero-order chi connectivity index (χ0) is 21.4. The molecule has 0 saturated heterocycles. The van der Waals surface area contributed by atoms with Gasteiger partial charge in [0.25, 0.3) is 0 Å². The predicted octanol–water partition coefficient (Wildman–Crippen LogP) is 3.80. The topological polar surface area (TPSA) is 22.2 Å². The first-order valence-corrected chi connectivity index (χ1v) is 11.1. The van der Waals surface area contributed by atoms with Crippen LogP contribution >= 0.6 is 0 Å². The molecule has 0 aliphatic carbocycles. The van der Waals surface area contributed by atoms with E-state index in [0.717, 1.165) is 39.0 Å². The molecule has 5 nitrogen and oxygen atoms in total. The van der Waals surface area contributed by atoms with Crippen molar-refractivity contribution in [2.75, 3.05) is 54.4 Å². The molecule has 4 atom stereocenters. The van der Waals surface area contributed by atoms with Gasteiger partial charge < -0.3 is 14.5 Å². The van der Waals surface area contributed by atoms with Gasteiger partial charge in [-0.15, -0.1) is 0 Å². The van der Waals surface area contributed by atoms with E-state index in [9.17, 15) is 0 Å². The molecule has 0 aromatic carbocycles. The fraction of sp³-hybridized carbons (Fsp3) is 1.00. The SMILES string of the molecule is CCN(CC)C(CC)(OC(CC)(C(C)N(C)C)N(CC)CC)C(C)N(C)C. The largest absolute Gasteiger partial charge is 0.336 e. The van der Waals surface area contributed by atoms with E-state index in [0.29, 0.717) is 0 Å². The second-order valence-corrected chi connectivity index (χ2v) is 8.12. The van der Waals surface area contributed by atoms with Crippen LogP contribution in [0.15, 0.2) is 0 Å². The number of hydrogen-bond acceptors (Lipinski definition) is 5. The van der Waals surface area contributed by atoms with Gasteiger partial charge in [-0.25, -0.2) is 0 Å². The van der Waals surface area contributed by atoms with Crippen LogP contribution in [-0.2, 0) is 4.74 Å². The third-order valence-electron chi connectivity index (χ3n) is 6.82. The Balaban J connectivity index is 6.57. The first kappa shape index (κ1) is 26.8. The fourth-order valence-electron chi connectivity index (χ4n) is 4.64. The lowest BCUT2D eigenvalue weighted by Gasteiger charge is -2.58. The molecule has 0 rings (SSSR count). The summed E-state index contributed by atoms with van der Waals surface area (Å²) in [5.41, 5.74) is -0.675. The van der Waals surface area contributed by atoms with Crippen LogP contribution in [0.5, 0.6) is 0 Å². The Morgan fingerprint density at radius 2 is 0.852 bits per heavy atom. The summed E-state index contributed by atoms with van der Waals surface area (Å²) in [6.07, 6.45) is 1.91. The van der Waals surface area contributed by atoms with Crippen LogP contribution in [0.25, 0.3) is 0 Å². The zero-order valence-corrected chi connectivity index (χ0v) is 20.6. The number of rotatable bonds is 14. The summed E-state index contributed by atoms with van der Waals surface area (Å²) < 4.78 is 7.43. The molecule has 0 heterocycles. The van der Waals surface area contributed by atoms with Crippen LogP contribution < -0.4 is 0 Å². The van der Waals surface area contributed by atoms with Crippen molar-refractivity contribution >= 4 is 0 Å². The molecule has 164 valence electrons. The zero-order valence-electron chi connectivity index (χ0n) is 20.6. The molecule has 0 aliphatic rings. The molecule has 0 N–H and O–H groups in total. The summed E-state index contributed by atoms with van der Waals surface area (Å²) in [5.74, 6) is 0. The first-order valence-electron chi connectivity index (χ1n) is 11.1. The Morgan fingerprint density at radius 3 is 1.00 bits per heavy atom. The maximum absolute atomic E-state index is 7.43. The van der Waals surface area contributed by atoms with E-state index >= 15 is 0 Å². The standard InChI is InChI=1S/C22H50N4O/c1-13-21(19(7)23(9)10,25(15-3)16-4)27-22(14-2,20(8)24(11)12)26(17-5)18-6/h19-20H,13-18H2,1-12H3. The van der Waals surface area contributed by atoms with Crippen molar-refractivity contribution in [3.63, 3.8) is 0 Å². The van der Waals surface area contributed by atoms with E-state index < -0.39 is 0 Å². The third kappa shape index (κ3) is 5.45. The molecule has 0 fully saturated rings. The Labute approximate surface area is 171 Å². The average molecular weight is 387 g/mol. The van der Waals surface area contributed by atoms with Gasteiger partial charge in [0.1, 0.15) is 11.4 Å². The number of hydrogen-bond donors (Lipinski definition) is 0. The molecular weight excluding hydrogens is 336 g/mol. The van der Waals surface area contributed by atoms with Gasteiger partial charge in [-0.1, -0.05) is 41.5 Å². The average Bonchev–Trinajstić information content (AvgIpc) is 2.66. The Morgan fingerprint density at radius 1 is 0.593 bits per heavy atom. The fourth-order valence-corrected chi connectivity index (χ4v) is 4.64. The van der Waals surface area contributed by atoms with Gasteiger partial charge >= 0.3 is 0 Å². The van der Waals surface area contributed by atoms with Gasteiger partial charge in [-0.05, 0) is 81.1 Å². The summed E-state index contributed by atoms with van der Waals surface area (Å²) in [7, 11) is 8.68. The molecule has 0 aliphatic heterocycles. The molecule has 5 heteroatoms. The molecule has 0 radical (unpaired) electrons. The minimum atomic E-state index is -0.337. The third-order valence-corrected chi connectivity index (χ3v) is 6.82. The summed E-state index contributed by atoms with van der Waals surface area (Å²) in [4.78, 5) is 9.66. The van der Waals surface area contributed by atoms with Crippen molar-refractivity contribution in [1.29, 1.82) is 0 Å². The van der Waals surface area contributed by atoms with Gasteiger partial charge in [0.15, 0.2) is 0 Å². The number of likely N-dealkylation sites (N-methyl/N-ethyl adjacent to an activating group) is 4. The van der Waals surface area contributed by atoms with Crippen LogP contribution in [0.2, 0.25) is 0 Å². The van der Waals surface area contributed by atoms with Crippen LogP contribution in [-0.4, -0.2) is 97.5 Å². The monoisotopic (exact) mass is 386 g/mol. The van der Waals surface area contributed by atoms with E-state index in [4.69, 9.17) is 4.74 Å². The lowest BCUT2D eigenvalue weighted by atomic mass is 9.93. The molecule has 0 spiro atoms. The second kappa shape index (κ2) is 11.7. The number of ether oxygens (including phenoxy) is 1. The number of nitrogens with zero attached hydrogens (tertiary/aromatic N) is 4. The molecular formula is C22H50N4O. The van der Waals surface area contributed by atoms with Crippen molar-refractivity contribution in [3.8, 4) is 0 Å². The minimum Gasteiger partial charge on any atom is -0.336 e. The summed E-state index contributed by atoms with van der Waals surface area (Å²) >= 11 is 0. The Bertz CT molecular complexity index is 352. The van der Waals surface area contributed by atoms with E-state index in [1.165, 1.54) is 0 Å². The lowest BCUT2D eigenvalue weighted by Crippen LogP contribution is -2.70. The predicted molar refractivity (Wildman–Crippen MR) is 119 cm³/mol. The Hall–Kier alpha value is -0.200. The molecule has 4 unspecified atom stereocenters. The van der Waals surface area contributed by atoms with E-state index in [1.54, 1.807) is 0 Å². The van der Waals surface area contributed by atoms with Crippen LogP contribution in [0.3, 0.4) is 0 Å². The highest BCUT2D eigenvalue weighted by Gasteiger charge is 2.52. The second-order valence-electron chi connectivity index (χ2n) is 8.12. The van der Waals surface area contributed by atoms with Gasteiger partial charge in [0.05, 0.1) is 0 Å². The molecule has 27 heavy (non-hydrogen) atoms. The summed E-state index contributed by atoms with van der Waals surface area (Å²) in [6.45, 7) is 22.1. The van der Waals surface area contributed by atoms with Gasteiger partial charge in [-0.3, -0.25) is 9.80 Å². The van der Waals surface area contributed by atoms with Gasteiger partial charge in [-0.2, -0.15) is 0 Å². The highest BCUT2D eigenvalue weighted by molar-refractivity contribution is 4.98. The van der Waals surface area contributed by atoms with E-state index in [2.05, 4.69) is 103 Å². The summed E-state index contributed by atoms with van der Waals surface area (Å²) in [5, 5.41) is 0. The van der Waals surface area contributed by atoms with Crippen LogP contribution in [0.4, 0.5) is 0 Å². The Kier molecular flexibility index (Phi) is 11.6. The highest BCUT2D eigenvalue weighted by Crippen LogP contribution is 2.39. The van der Waals surface area contributed by atoms with Gasteiger partial charge in [0.2, 0.25) is 0 Å². The molecule has 0 bridgehead atoms. The minimum absolute atomic E-state index is 0.276. The maximum atomic E-state index is 7.43. The van der Waals surface area contributed by atoms with Crippen LogP contribution in [0.1, 0.15) is 68.2 Å². The normalized spacial score (nSPS) is 19.6. The molecule has 0 aromatic rings. The highest BCUT2D eigenvalue weighted by atomic mass is 16.6. The van der Waals surface area contributed by atoms with Crippen molar-refractivity contribution < 1.29 is 4.74 Å². The summed E-state index contributed by atoms with van der Waals surface area (Å²) in [6, 6.07) is 0.552. The van der Waals surface area contributed by atoms with E-state index in [1.807, 2.05) is 0 Å². The first-order chi connectivity index (χ1) is 12.6. The lowest BCUT2D eigenvalue weighted by molar-refractivity contribution is -0.310. The molecule has 0 saturated carbocycles. The van der Waals surface area contributed by atoms with Crippen molar-refractivity contribution in [2.24, 2.45) is 0 Å². The molecule has 0 aromatic heterocycles. The van der Waals surface area contributed by atoms with Crippen molar-refractivity contribution in [2.45, 2.75) is 91.8 Å².